The zero-order chi connectivity index (χ0) is 14.8. The molecule has 0 radical (unpaired) electrons. The summed E-state index contributed by atoms with van der Waals surface area (Å²) in [6.07, 6.45) is 1.45. The highest BCUT2D eigenvalue weighted by atomic mass is 35.5. The summed E-state index contributed by atoms with van der Waals surface area (Å²) >= 11 is 0. The van der Waals surface area contributed by atoms with Crippen LogP contribution in [0.4, 0.5) is 0 Å². The molecule has 0 saturated carbocycles. The zero-order valence-corrected chi connectivity index (χ0v) is 14.0. The maximum Gasteiger partial charge on any atom is 0.243 e. The molecule has 1 saturated heterocycles. The molecule has 0 aromatic heterocycles. The Hall–Kier alpha value is -0.660. The van der Waals surface area contributed by atoms with Crippen LogP contribution in [0, 0.1) is 6.92 Å². The fraction of sp³-hybridized carbons (Fsp3) is 0.571. The van der Waals surface area contributed by atoms with Gasteiger partial charge in [0.05, 0.1) is 11.0 Å². The third-order valence-electron chi connectivity index (χ3n) is 3.90. The van der Waals surface area contributed by atoms with Crippen LogP contribution in [-0.4, -0.2) is 45.1 Å². The van der Waals surface area contributed by atoms with Crippen molar-refractivity contribution in [3.63, 3.8) is 0 Å². The van der Waals surface area contributed by atoms with Crippen LogP contribution >= 0.6 is 12.4 Å². The Kier molecular flexibility index (Phi) is 6.62. The van der Waals surface area contributed by atoms with Crippen LogP contribution < -0.4 is 5.73 Å². The second-order valence-corrected chi connectivity index (χ2v) is 7.01. The zero-order valence-electron chi connectivity index (χ0n) is 12.4. The highest BCUT2D eigenvalue weighted by Gasteiger charge is 2.36. The van der Waals surface area contributed by atoms with E-state index in [0.717, 1.165) is 5.56 Å². The summed E-state index contributed by atoms with van der Waals surface area (Å²) in [6.45, 7) is 2.58. The number of aryl methyl sites for hydroxylation is 1. The van der Waals surface area contributed by atoms with Gasteiger partial charge in [0.1, 0.15) is 0 Å². The van der Waals surface area contributed by atoms with Gasteiger partial charge in [-0.15, -0.1) is 12.4 Å². The minimum atomic E-state index is -3.49. The summed E-state index contributed by atoms with van der Waals surface area (Å²) in [5.41, 5.74) is 6.52. The van der Waals surface area contributed by atoms with Crippen LogP contribution in [0.15, 0.2) is 29.2 Å². The second-order valence-electron chi connectivity index (χ2n) is 5.15. The monoisotopic (exact) mass is 334 g/mol. The first-order valence-corrected chi connectivity index (χ1v) is 8.25. The van der Waals surface area contributed by atoms with Crippen molar-refractivity contribution in [1.29, 1.82) is 0 Å². The molecule has 2 atom stereocenters. The van der Waals surface area contributed by atoms with Crippen LogP contribution in [0.25, 0.3) is 0 Å². The number of halogens is 1. The molecule has 2 N–H and O–H groups in total. The molecule has 0 amide bonds. The minimum Gasteiger partial charge on any atom is -0.381 e. The minimum absolute atomic E-state index is 0. The third kappa shape index (κ3) is 3.76. The van der Waals surface area contributed by atoms with Crippen molar-refractivity contribution in [3.8, 4) is 0 Å². The van der Waals surface area contributed by atoms with Crippen LogP contribution in [0.1, 0.15) is 18.4 Å². The van der Waals surface area contributed by atoms with Gasteiger partial charge < -0.3 is 10.5 Å². The van der Waals surface area contributed by atoms with Crippen molar-refractivity contribution >= 4 is 22.4 Å². The predicted octanol–water partition coefficient (Wildman–Crippen LogP) is 1.54. The quantitative estimate of drug-likeness (QED) is 0.906. The molecule has 1 aromatic rings. The standard InChI is InChI=1S/C14H22N2O3S.ClH/c1-11-5-3-4-6-14(11)20(17,18)16-8-7-13(19-2)9-12(16)10-15;/h3-6,12-13H,7-10,15H2,1-2H3;1H. The topological polar surface area (TPSA) is 72.6 Å². The van der Waals surface area contributed by atoms with Gasteiger partial charge in [-0.2, -0.15) is 4.31 Å². The maximum absolute atomic E-state index is 12.8. The first-order valence-electron chi connectivity index (χ1n) is 6.81. The van der Waals surface area contributed by atoms with E-state index in [2.05, 4.69) is 0 Å². The van der Waals surface area contributed by atoms with E-state index in [4.69, 9.17) is 10.5 Å². The van der Waals surface area contributed by atoms with E-state index in [0.29, 0.717) is 30.8 Å². The van der Waals surface area contributed by atoms with Gasteiger partial charge in [-0.25, -0.2) is 8.42 Å². The van der Waals surface area contributed by atoms with Crippen molar-refractivity contribution in [1.82, 2.24) is 4.31 Å². The average molecular weight is 335 g/mol. The molecule has 21 heavy (non-hydrogen) atoms. The highest BCUT2D eigenvalue weighted by Crippen LogP contribution is 2.27. The number of ether oxygens (including phenoxy) is 1. The predicted molar refractivity (Wildman–Crippen MR) is 85.2 cm³/mol. The lowest BCUT2D eigenvalue weighted by Crippen LogP contribution is -2.51. The number of hydrogen-bond acceptors (Lipinski definition) is 4. The van der Waals surface area contributed by atoms with Gasteiger partial charge in [-0.1, -0.05) is 18.2 Å². The van der Waals surface area contributed by atoms with Gasteiger partial charge >= 0.3 is 0 Å². The molecular weight excluding hydrogens is 312 g/mol. The van der Waals surface area contributed by atoms with E-state index in [1.54, 1.807) is 19.2 Å². The Labute approximate surface area is 132 Å². The number of methoxy groups -OCH3 is 1. The lowest BCUT2D eigenvalue weighted by Gasteiger charge is -2.37. The normalized spacial score (nSPS) is 23.6. The van der Waals surface area contributed by atoms with Crippen molar-refractivity contribution in [2.24, 2.45) is 5.73 Å². The summed E-state index contributed by atoms with van der Waals surface area (Å²) < 4.78 is 32.5. The van der Waals surface area contributed by atoms with Gasteiger partial charge in [0, 0.05) is 26.2 Å². The van der Waals surface area contributed by atoms with Crippen molar-refractivity contribution in [2.45, 2.75) is 36.8 Å². The molecule has 0 spiro atoms. The first-order chi connectivity index (χ1) is 9.50. The van der Waals surface area contributed by atoms with E-state index >= 15 is 0 Å². The lowest BCUT2D eigenvalue weighted by molar-refractivity contribution is 0.0401. The smallest absolute Gasteiger partial charge is 0.243 e. The Morgan fingerprint density at radius 1 is 1.38 bits per heavy atom. The summed E-state index contributed by atoms with van der Waals surface area (Å²) in [4.78, 5) is 0.370. The Balaban J connectivity index is 0.00000220. The molecule has 1 heterocycles. The van der Waals surface area contributed by atoms with E-state index in [-0.39, 0.29) is 24.6 Å². The van der Waals surface area contributed by atoms with Gasteiger partial charge in [0.15, 0.2) is 0 Å². The molecule has 1 aliphatic heterocycles. The van der Waals surface area contributed by atoms with E-state index in [9.17, 15) is 8.42 Å². The van der Waals surface area contributed by atoms with Crippen LogP contribution in [-0.2, 0) is 14.8 Å². The fourth-order valence-corrected chi connectivity index (χ4v) is 4.60. The molecule has 2 unspecified atom stereocenters. The molecular formula is C14H23ClN2O3S. The largest absolute Gasteiger partial charge is 0.381 e. The highest BCUT2D eigenvalue weighted by molar-refractivity contribution is 7.89. The van der Waals surface area contributed by atoms with Crippen LogP contribution in [0.5, 0.6) is 0 Å². The van der Waals surface area contributed by atoms with Crippen molar-refractivity contribution in [3.05, 3.63) is 29.8 Å². The number of rotatable bonds is 4. The molecule has 0 aliphatic carbocycles. The Morgan fingerprint density at radius 2 is 2.05 bits per heavy atom. The third-order valence-corrected chi connectivity index (χ3v) is 6.01. The van der Waals surface area contributed by atoms with Gasteiger partial charge in [-0.3, -0.25) is 0 Å². The summed E-state index contributed by atoms with van der Waals surface area (Å²) in [7, 11) is -1.83. The van der Waals surface area contributed by atoms with Gasteiger partial charge in [-0.05, 0) is 31.4 Å². The number of piperidine rings is 1. The van der Waals surface area contributed by atoms with E-state index in [1.807, 2.05) is 19.1 Å². The number of nitrogens with two attached hydrogens (primary N) is 1. The van der Waals surface area contributed by atoms with Crippen LogP contribution in [0.3, 0.4) is 0 Å². The Morgan fingerprint density at radius 3 is 2.62 bits per heavy atom. The molecule has 5 nitrogen and oxygen atoms in total. The number of nitrogens with zero attached hydrogens (tertiary/aromatic N) is 1. The Bertz CT molecular complexity index is 565. The van der Waals surface area contributed by atoms with Crippen LogP contribution in [0.2, 0.25) is 0 Å². The van der Waals surface area contributed by atoms with E-state index < -0.39 is 10.0 Å². The lowest BCUT2D eigenvalue weighted by atomic mass is 10.0. The molecule has 120 valence electrons. The molecule has 1 fully saturated rings. The first kappa shape index (κ1) is 18.4. The average Bonchev–Trinajstić information content (AvgIpc) is 2.46. The van der Waals surface area contributed by atoms with Gasteiger partial charge in [0.25, 0.3) is 0 Å². The van der Waals surface area contributed by atoms with E-state index in [1.165, 1.54) is 4.31 Å². The summed E-state index contributed by atoms with van der Waals surface area (Å²) in [5, 5.41) is 0. The molecule has 7 heteroatoms. The molecule has 1 aromatic carbocycles. The fourth-order valence-electron chi connectivity index (χ4n) is 2.71. The number of benzene rings is 1. The summed E-state index contributed by atoms with van der Waals surface area (Å²) in [6, 6.07) is 6.86. The number of sulfonamides is 1. The molecule has 1 aliphatic rings. The number of hydrogen-bond donors (Lipinski definition) is 1. The molecule has 0 bridgehead atoms. The SMILES string of the molecule is COC1CCN(S(=O)(=O)c2ccccc2C)C(CN)C1.Cl. The van der Waals surface area contributed by atoms with Gasteiger partial charge in [0.2, 0.25) is 10.0 Å². The maximum atomic E-state index is 12.8. The van der Waals surface area contributed by atoms with Crippen molar-refractivity contribution in [2.75, 3.05) is 20.2 Å². The summed E-state index contributed by atoms with van der Waals surface area (Å²) in [5.74, 6) is 0. The molecule has 2 rings (SSSR count). The van der Waals surface area contributed by atoms with Crippen molar-refractivity contribution < 1.29 is 13.2 Å². The second kappa shape index (κ2) is 7.56.